The van der Waals surface area contributed by atoms with Gasteiger partial charge in [0.25, 0.3) is 0 Å². The maximum atomic E-state index is 12.9. The molecule has 2 saturated heterocycles. The molecule has 0 saturated carbocycles. The predicted octanol–water partition coefficient (Wildman–Crippen LogP) is 2.83. The van der Waals surface area contributed by atoms with Crippen LogP contribution >= 0.6 is 24.0 Å². The summed E-state index contributed by atoms with van der Waals surface area (Å²) in [5, 5.41) is 6.40. The predicted molar refractivity (Wildman–Crippen MR) is 122 cm³/mol. The van der Waals surface area contributed by atoms with Crippen molar-refractivity contribution in [2.24, 2.45) is 4.99 Å². The van der Waals surface area contributed by atoms with E-state index in [9.17, 15) is 8.78 Å². The third-order valence-electron chi connectivity index (χ3n) is 5.20. The van der Waals surface area contributed by atoms with Gasteiger partial charge in [0.15, 0.2) is 17.5 Å². The Hall–Kier alpha value is -1.40. The molecule has 0 spiro atoms. The first-order valence-electron chi connectivity index (χ1n) is 10.1. The minimum atomic E-state index is -2.93. The van der Waals surface area contributed by atoms with Crippen LogP contribution in [0.15, 0.2) is 23.2 Å². The molecule has 30 heavy (non-hydrogen) atoms. The van der Waals surface area contributed by atoms with E-state index in [-0.39, 0.29) is 42.4 Å². The second-order valence-corrected chi connectivity index (χ2v) is 7.11. The maximum Gasteiger partial charge on any atom is 0.387 e. The Morgan fingerprint density at radius 2 is 2.20 bits per heavy atom. The standard InChI is InChI=1S/C20H30F2N4O3.HI/c1-3-27-17-8-4-6-14(18(17)29-19(21)22)10-24-20(23-2)25-11-16-12-26-9-5-7-15(26)13-28-16;/h4,6,8,15-16,19H,3,5,7,9-13H2,1-2H3,(H2,23,24,25);1H. The largest absolute Gasteiger partial charge is 0.490 e. The third kappa shape index (κ3) is 6.81. The van der Waals surface area contributed by atoms with Gasteiger partial charge in [0.05, 0.1) is 19.3 Å². The lowest BCUT2D eigenvalue weighted by molar-refractivity contribution is -0.0521. The van der Waals surface area contributed by atoms with Crippen LogP contribution in [0.1, 0.15) is 25.3 Å². The van der Waals surface area contributed by atoms with Crippen LogP contribution in [0.4, 0.5) is 8.78 Å². The van der Waals surface area contributed by atoms with Gasteiger partial charge in [-0.1, -0.05) is 12.1 Å². The summed E-state index contributed by atoms with van der Waals surface area (Å²) in [6.07, 6.45) is 2.55. The average molecular weight is 540 g/mol. The molecule has 1 aromatic carbocycles. The fraction of sp³-hybridized carbons (Fsp3) is 0.650. The highest BCUT2D eigenvalue weighted by atomic mass is 127. The van der Waals surface area contributed by atoms with E-state index in [4.69, 9.17) is 14.2 Å². The molecule has 3 rings (SSSR count). The lowest BCUT2D eigenvalue weighted by atomic mass is 10.2. The van der Waals surface area contributed by atoms with Gasteiger partial charge < -0.3 is 24.8 Å². The summed E-state index contributed by atoms with van der Waals surface area (Å²) in [7, 11) is 1.67. The molecule has 2 atom stereocenters. The second kappa shape index (κ2) is 12.5. The van der Waals surface area contributed by atoms with Crippen LogP contribution in [0.25, 0.3) is 0 Å². The normalized spacial score (nSPS) is 21.7. The molecular formula is C20H31F2IN4O3. The Labute approximate surface area is 193 Å². The number of fused-ring (bicyclic) bond motifs is 1. The molecule has 0 bridgehead atoms. The fourth-order valence-electron chi connectivity index (χ4n) is 3.81. The molecule has 2 heterocycles. The van der Waals surface area contributed by atoms with E-state index in [0.717, 1.165) is 19.7 Å². The number of aliphatic imine (C=N–C) groups is 1. The van der Waals surface area contributed by atoms with Crippen LogP contribution in [0.5, 0.6) is 11.5 Å². The highest BCUT2D eigenvalue weighted by molar-refractivity contribution is 14.0. The van der Waals surface area contributed by atoms with Crippen molar-refractivity contribution < 1.29 is 23.0 Å². The number of nitrogens with one attached hydrogen (secondary N) is 2. The van der Waals surface area contributed by atoms with Gasteiger partial charge in [-0.25, -0.2) is 0 Å². The van der Waals surface area contributed by atoms with Crippen molar-refractivity contribution in [2.75, 3.05) is 39.9 Å². The van der Waals surface area contributed by atoms with E-state index < -0.39 is 6.61 Å². The Balaban J connectivity index is 0.00000320. The molecule has 170 valence electrons. The average Bonchev–Trinajstić information content (AvgIpc) is 3.18. The number of ether oxygens (including phenoxy) is 3. The number of alkyl halides is 2. The van der Waals surface area contributed by atoms with Crippen LogP contribution in [-0.4, -0.2) is 69.5 Å². The smallest absolute Gasteiger partial charge is 0.387 e. The summed E-state index contributed by atoms with van der Waals surface area (Å²) >= 11 is 0. The van der Waals surface area contributed by atoms with Crippen LogP contribution in [-0.2, 0) is 11.3 Å². The van der Waals surface area contributed by atoms with Crippen molar-refractivity contribution in [3.05, 3.63) is 23.8 Å². The number of benzene rings is 1. The summed E-state index contributed by atoms with van der Waals surface area (Å²) in [5.41, 5.74) is 0.563. The first kappa shape index (κ1) is 24.9. The first-order valence-corrected chi connectivity index (χ1v) is 10.1. The zero-order valence-corrected chi connectivity index (χ0v) is 19.7. The van der Waals surface area contributed by atoms with Crippen molar-refractivity contribution >= 4 is 29.9 Å². The number of hydrogen-bond donors (Lipinski definition) is 2. The quantitative estimate of drug-likeness (QED) is 0.301. The lowest BCUT2D eigenvalue weighted by Gasteiger charge is -2.35. The molecule has 2 unspecified atom stereocenters. The van der Waals surface area contributed by atoms with Gasteiger partial charge in [-0.3, -0.25) is 9.89 Å². The van der Waals surface area contributed by atoms with Crippen LogP contribution < -0.4 is 20.1 Å². The first-order chi connectivity index (χ1) is 14.1. The number of morpholine rings is 1. The molecule has 7 nitrogen and oxygen atoms in total. The number of halogens is 3. The topological polar surface area (TPSA) is 67.4 Å². The molecule has 2 fully saturated rings. The molecule has 0 radical (unpaired) electrons. The van der Waals surface area contributed by atoms with Crippen molar-refractivity contribution in [3.63, 3.8) is 0 Å². The summed E-state index contributed by atoms with van der Waals surface area (Å²) in [4.78, 5) is 6.69. The monoisotopic (exact) mass is 540 g/mol. The minimum Gasteiger partial charge on any atom is -0.490 e. The summed E-state index contributed by atoms with van der Waals surface area (Å²) in [6, 6.07) is 5.65. The number of nitrogens with zero attached hydrogens (tertiary/aromatic N) is 2. The zero-order chi connectivity index (χ0) is 20.6. The Bertz CT molecular complexity index is 696. The van der Waals surface area contributed by atoms with Gasteiger partial charge in [-0.15, -0.1) is 24.0 Å². The van der Waals surface area contributed by atoms with Crippen molar-refractivity contribution in [1.29, 1.82) is 0 Å². The van der Waals surface area contributed by atoms with Crippen LogP contribution in [0, 0.1) is 0 Å². The summed E-state index contributed by atoms with van der Waals surface area (Å²) in [6.45, 7) is 2.95. The molecule has 0 aliphatic carbocycles. The molecule has 2 aliphatic heterocycles. The van der Waals surface area contributed by atoms with E-state index in [0.29, 0.717) is 36.5 Å². The maximum absolute atomic E-state index is 12.9. The van der Waals surface area contributed by atoms with E-state index in [1.165, 1.54) is 12.8 Å². The summed E-state index contributed by atoms with van der Waals surface area (Å²) < 4.78 is 41.8. The van der Waals surface area contributed by atoms with Gasteiger partial charge in [-0.2, -0.15) is 8.78 Å². The lowest BCUT2D eigenvalue weighted by Crippen LogP contribution is -2.51. The van der Waals surface area contributed by atoms with Crippen LogP contribution in [0.2, 0.25) is 0 Å². The molecule has 2 N–H and O–H groups in total. The molecule has 2 aliphatic rings. The van der Waals surface area contributed by atoms with Crippen molar-refractivity contribution in [3.8, 4) is 11.5 Å². The molecule has 10 heteroatoms. The van der Waals surface area contributed by atoms with E-state index in [1.807, 2.05) is 0 Å². The van der Waals surface area contributed by atoms with Gasteiger partial charge >= 0.3 is 6.61 Å². The van der Waals surface area contributed by atoms with Crippen LogP contribution in [0.3, 0.4) is 0 Å². The second-order valence-electron chi connectivity index (χ2n) is 7.11. The molecular weight excluding hydrogens is 509 g/mol. The fourth-order valence-corrected chi connectivity index (χ4v) is 3.81. The van der Waals surface area contributed by atoms with E-state index in [1.54, 1.807) is 32.2 Å². The SMILES string of the molecule is CCOc1cccc(CNC(=NC)NCC2CN3CCCC3CO2)c1OC(F)F.I. The van der Waals surface area contributed by atoms with Gasteiger partial charge in [0, 0.05) is 38.3 Å². The molecule has 0 amide bonds. The van der Waals surface area contributed by atoms with E-state index in [2.05, 4.69) is 20.5 Å². The number of guanidine groups is 1. The highest BCUT2D eigenvalue weighted by Crippen LogP contribution is 2.32. The number of para-hydroxylation sites is 1. The van der Waals surface area contributed by atoms with Crippen molar-refractivity contribution in [2.45, 2.75) is 45.1 Å². The molecule has 0 aromatic heterocycles. The van der Waals surface area contributed by atoms with Gasteiger partial charge in [0.1, 0.15) is 0 Å². The number of hydrogen-bond acceptors (Lipinski definition) is 5. The van der Waals surface area contributed by atoms with E-state index >= 15 is 0 Å². The van der Waals surface area contributed by atoms with Crippen molar-refractivity contribution in [1.82, 2.24) is 15.5 Å². The Kier molecular flexibility index (Phi) is 10.3. The zero-order valence-electron chi connectivity index (χ0n) is 17.4. The highest BCUT2D eigenvalue weighted by Gasteiger charge is 2.32. The van der Waals surface area contributed by atoms with Gasteiger partial charge in [-0.05, 0) is 32.4 Å². The minimum absolute atomic E-state index is 0. The van der Waals surface area contributed by atoms with Gasteiger partial charge in [0.2, 0.25) is 0 Å². The number of rotatable bonds is 8. The third-order valence-corrected chi connectivity index (χ3v) is 5.20. The molecule has 1 aromatic rings. The Morgan fingerprint density at radius 3 is 2.93 bits per heavy atom. The Morgan fingerprint density at radius 1 is 1.37 bits per heavy atom. The summed E-state index contributed by atoms with van der Waals surface area (Å²) in [5.74, 6) is 0.913.